The van der Waals surface area contributed by atoms with E-state index in [1.54, 1.807) is 24.8 Å². The number of rotatable bonds is 6. The van der Waals surface area contributed by atoms with Crippen molar-refractivity contribution in [2.45, 2.75) is 13.0 Å². The van der Waals surface area contributed by atoms with Crippen LogP contribution in [-0.2, 0) is 6.54 Å². The summed E-state index contributed by atoms with van der Waals surface area (Å²) in [4.78, 5) is 23.6. The molecule has 0 aliphatic rings. The molecule has 0 atom stereocenters. The van der Waals surface area contributed by atoms with Crippen LogP contribution >= 0.6 is 24.0 Å². The van der Waals surface area contributed by atoms with Crippen LogP contribution in [0.2, 0.25) is 0 Å². The van der Waals surface area contributed by atoms with Crippen LogP contribution in [0.25, 0.3) is 11.0 Å². The second-order valence-electron chi connectivity index (χ2n) is 5.13. The number of aromatic amines is 1. The van der Waals surface area contributed by atoms with Crippen LogP contribution in [-0.4, -0.2) is 30.8 Å². The molecule has 0 spiro atoms. The summed E-state index contributed by atoms with van der Waals surface area (Å²) < 4.78 is 0.687. The Kier molecular flexibility index (Phi) is 5.55. The molecule has 3 heterocycles. The van der Waals surface area contributed by atoms with Gasteiger partial charge in [0.2, 0.25) is 0 Å². The summed E-state index contributed by atoms with van der Waals surface area (Å²) in [5, 5.41) is 4.03. The van der Waals surface area contributed by atoms with Gasteiger partial charge in [-0.3, -0.25) is 9.78 Å². The van der Waals surface area contributed by atoms with Gasteiger partial charge in [-0.1, -0.05) is 30.0 Å². The Morgan fingerprint density at radius 3 is 3.00 bits per heavy atom. The van der Waals surface area contributed by atoms with Crippen LogP contribution in [0.1, 0.15) is 22.3 Å². The van der Waals surface area contributed by atoms with E-state index in [0.29, 0.717) is 28.6 Å². The quantitative estimate of drug-likeness (QED) is 0.521. The maximum Gasteiger partial charge on any atom is 0.165 e. The van der Waals surface area contributed by atoms with Gasteiger partial charge in [-0.05, 0) is 23.8 Å². The first-order valence-corrected chi connectivity index (χ1v) is 8.88. The lowest BCUT2D eigenvalue weighted by Gasteiger charge is -2.07. The van der Waals surface area contributed by atoms with Crippen molar-refractivity contribution in [1.29, 1.82) is 0 Å². The number of hydrogen-bond acceptors (Lipinski definition) is 5. The molecule has 3 aromatic heterocycles. The van der Waals surface area contributed by atoms with E-state index in [1.165, 1.54) is 11.8 Å². The standard InChI is InChI=1S/C17H16N4OS2/c22-15(14-11-20-16-13(14)4-2-7-19-16)5-8-24-17(23)21-10-12-3-1-6-18-9-12/h1-4,6-7,9,11H,5,8,10H2,(H,19,20)(H,21,23). The number of nitrogens with one attached hydrogen (secondary N) is 2. The first-order chi connectivity index (χ1) is 11.7. The van der Waals surface area contributed by atoms with E-state index in [1.807, 2.05) is 24.3 Å². The van der Waals surface area contributed by atoms with E-state index in [2.05, 4.69) is 20.3 Å². The third-order valence-corrected chi connectivity index (χ3v) is 4.79. The molecule has 122 valence electrons. The second-order valence-corrected chi connectivity index (χ2v) is 6.90. The van der Waals surface area contributed by atoms with Gasteiger partial charge in [0.05, 0.1) is 0 Å². The molecule has 0 aromatic carbocycles. The number of nitrogens with zero attached hydrogens (tertiary/aromatic N) is 2. The predicted octanol–water partition coefficient (Wildman–Crippen LogP) is 3.34. The molecule has 24 heavy (non-hydrogen) atoms. The van der Waals surface area contributed by atoms with E-state index in [0.717, 1.165) is 16.6 Å². The van der Waals surface area contributed by atoms with Gasteiger partial charge in [0, 0.05) is 54.5 Å². The number of carbonyl (C=O) groups excluding carboxylic acids is 1. The van der Waals surface area contributed by atoms with Crippen molar-refractivity contribution in [2.24, 2.45) is 0 Å². The van der Waals surface area contributed by atoms with Crippen molar-refractivity contribution in [1.82, 2.24) is 20.3 Å². The number of pyridine rings is 2. The molecular formula is C17H16N4OS2. The fourth-order valence-corrected chi connectivity index (χ4v) is 3.25. The van der Waals surface area contributed by atoms with Gasteiger partial charge in [0.15, 0.2) is 5.78 Å². The zero-order valence-electron chi connectivity index (χ0n) is 12.9. The summed E-state index contributed by atoms with van der Waals surface area (Å²) >= 11 is 6.77. The largest absolute Gasteiger partial charge is 0.367 e. The van der Waals surface area contributed by atoms with Crippen LogP contribution in [0.15, 0.2) is 49.1 Å². The van der Waals surface area contributed by atoms with E-state index in [4.69, 9.17) is 12.2 Å². The van der Waals surface area contributed by atoms with E-state index >= 15 is 0 Å². The van der Waals surface area contributed by atoms with Crippen molar-refractivity contribution >= 4 is 45.1 Å². The minimum atomic E-state index is 0.0943. The summed E-state index contributed by atoms with van der Waals surface area (Å²) in [5.41, 5.74) is 2.50. The van der Waals surface area contributed by atoms with Gasteiger partial charge < -0.3 is 10.3 Å². The maximum atomic E-state index is 12.3. The van der Waals surface area contributed by atoms with Crippen molar-refractivity contribution in [3.05, 3.63) is 60.2 Å². The normalized spacial score (nSPS) is 10.7. The van der Waals surface area contributed by atoms with Crippen LogP contribution in [0, 0.1) is 0 Å². The molecule has 3 rings (SSSR count). The van der Waals surface area contributed by atoms with Gasteiger partial charge in [-0.15, -0.1) is 0 Å². The Bertz CT molecular complexity index is 848. The topological polar surface area (TPSA) is 70.7 Å². The van der Waals surface area contributed by atoms with Crippen molar-refractivity contribution in [2.75, 3.05) is 5.75 Å². The molecule has 0 saturated carbocycles. The third kappa shape index (κ3) is 4.18. The molecule has 0 aliphatic carbocycles. The van der Waals surface area contributed by atoms with Crippen molar-refractivity contribution < 1.29 is 4.79 Å². The zero-order chi connectivity index (χ0) is 16.8. The molecular weight excluding hydrogens is 340 g/mol. The van der Waals surface area contributed by atoms with Gasteiger partial charge in [0.1, 0.15) is 9.97 Å². The van der Waals surface area contributed by atoms with Crippen LogP contribution in [0.4, 0.5) is 0 Å². The number of Topliss-reactive ketones (excluding diaryl/α,β-unsaturated/α-hetero) is 1. The molecule has 0 unspecified atom stereocenters. The van der Waals surface area contributed by atoms with Gasteiger partial charge in [-0.2, -0.15) is 0 Å². The lowest BCUT2D eigenvalue weighted by Crippen LogP contribution is -2.18. The monoisotopic (exact) mass is 356 g/mol. The molecule has 0 aliphatic heterocycles. The zero-order valence-corrected chi connectivity index (χ0v) is 14.5. The van der Waals surface area contributed by atoms with E-state index in [9.17, 15) is 4.79 Å². The lowest BCUT2D eigenvalue weighted by atomic mass is 10.1. The smallest absolute Gasteiger partial charge is 0.165 e. The fourth-order valence-electron chi connectivity index (χ4n) is 2.29. The molecule has 0 saturated heterocycles. The average Bonchev–Trinajstić information content (AvgIpc) is 3.05. The summed E-state index contributed by atoms with van der Waals surface area (Å²) in [6.07, 6.45) is 7.40. The number of aromatic nitrogens is 3. The Morgan fingerprint density at radius 2 is 2.17 bits per heavy atom. The number of thioether (sulfide) groups is 1. The van der Waals surface area contributed by atoms with Crippen molar-refractivity contribution in [3.63, 3.8) is 0 Å². The lowest BCUT2D eigenvalue weighted by molar-refractivity contribution is 0.0991. The third-order valence-electron chi connectivity index (χ3n) is 3.47. The number of hydrogen-bond donors (Lipinski definition) is 2. The highest BCUT2D eigenvalue weighted by Crippen LogP contribution is 2.18. The second kappa shape index (κ2) is 8.03. The van der Waals surface area contributed by atoms with Crippen molar-refractivity contribution in [3.8, 4) is 0 Å². The van der Waals surface area contributed by atoms with Gasteiger partial charge >= 0.3 is 0 Å². The summed E-state index contributed by atoms with van der Waals surface area (Å²) in [6.45, 7) is 0.641. The molecule has 0 bridgehead atoms. The van der Waals surface area contributed by atoms with Crippen LogP contribution in [0.3, 0.4) is 0 Å². The number of ketones is 1. The number of H-pyrrole nitrogens is 1. The Morgan fingerprint density at radius 1 is 1.29 bits per heavy atom. The van der Waals surface area contributed by atoms with E-state index < -0.39 is 0 Å². The Hall–Kier alpha value is -2.25. The van der Waals surface area contributed by atoms with Gasteiger partial charge in [-0.25, -0.2) is 4.98 Å². The maximum absolute atomic E-state index is 12.3. The molecule has 0 amide bonds. The van der Waals surface area contributed by atoms with E-state index in [-0.39, 0.29) is 5.78 Å². The van der Waals surface area contributed by atoms with Crippen LogP contribution < -0.4 is 5.32 Å². The first-order valence-electron chi connectivity index (χ1n) is 7.49. The predicted molar refractivity (Wildman–Crippen MR) is 101 cm³/mol. The molecule has 5 nitrogen and oxygen atoms in total. The highest BCUT2D eigenvalue weighted by Gasteiger charge is 2.12. The molecule has 0 fully saturated rings. The SMILES string of the molecule is O=C(CCSC(=S)NCc1cccnc1)c1c[nH]c2ncccc12. The number of carbonyl (C=O) groups is 1. The summed E-state index contributed by atoms with van der Waals surface area (Å²) in [6, 6.07) is 7.61. The fraction of sp³-hybridized carbons (Fsp3) is 0.176. The first kappa shape index (κ1) is 16.6. The Balaban J connectivity index is 1.46. The summed E-state index contributed by atoms with van der Waals surface area (Å²) in [5.74, 6) is 0.738. The Labute approximate surface area is 149 Å². The number of thiocarbonyl (C=S) groups is 1. The average molecular weight is 356 g/mol. The van der Waals surface area contributed by atoms with Gasteiger partial charge in [0.25, 0.3) is 0 Å². The minimum absolute atomic E-state index is 0.0943. The van der Waals surface area contributed by atoms with Crippen LogP contribution in [0.5, 0.6) is 0 Å². The number of fused-ring (bicyclic) bond motifs is 1. The minimum Gasteiger partial charge on any atom is -0.367 e. The highest BCUT2D eigenvalue weighted by atomic mass is 32.2. The molecule has 0 radical (unpaired) electrons. The molecule has 2 N–H and O–H groups in total. The molecule has 7 heteroatoms. The highest BCUT2D eigenvalue weighted by molar-refractivity contribution is 8.22. The molecule has 3 aromatic rings. The summed E-state index contributed by atoms with van der Waals surface area (Å²) in [7, 11) is 0.